The van der Waals surface area contributed by atoms with Gasteiger partial charge in [0.1, 0.15) is 40.6 Å². The zero-order chi connectivity index (χ0) is 32.7. The molecule has 1 aliphatic carbocycles. The van der Waals surface area contributed by atoms with Crippen molar-refractivity contribution in [1.82, 2.24) is 19.8 Å². The number of carbonyl (C=O) groups is 2. The van der Waals surface area contributed by atoms with E-state index in [1.54, 1.807) is 16.2 Å². The van der Waals surface area contributed by atoms with Crippen molar-refractivity contribution in [3.05, 3.63) is 16.3 Å². The van der Waals surface area contributed by atoms with Crippen LogP contribution in [-0.4, -0.2) is 126 Å². The Balaban J connectivity index is 1.62. The Morgan fingerprint density at radius 2 is 1.87 bits per heavy atom. The van der Waals surface area contributed by atoms with Crippen molar-refractivity contribution in [2.45, 2.75) is 95.1 Å². The maximum Gasteiger partial charge on any atom is 0.248 e. The number of methoxy groups -OCH3 is 2. The lowest BCUT2D eigenvalue weighted by Gasteiger charge is -2.38. The minimum absolute atomic E-state index is 0.0131. The van der Waals surface area contributed by atoms with Gasteiger partial charge in [-0.25, -0.2) is 9.97 Å². The number of rotatable bonds is 9. The molecule has 45 heavy (non-hydrogen) atoms. The number of thiophene rings is 1. The molecule has 4 rings (SSSR count). The Hall–Kier alpha value is -1.87. The largest absolute Gasteiger partial charge is 0.388 e. The van der Waals surface area contributed by atoms with Crippen LogP contribution in [-0.2, 0) is 23.8 Å². The third-order valence-corrected chi connectivity index (χ3v) is 10.6. The lowest BCUT2D eigenvalue weighted by Crippen LogP contribution is -2.54. The smallest absolute Gasteiger partial charge is 0.248 e. The standard InChI is InChI=1S/C32H50N4O7S2/c1-19(2)13-23-14-35(26(38)17-41-5)15-25(42-6)29(40)24(37)16-43-12-8-7-11-36(23)27(39)18-44-31-28-20(3)21(4)45-32(28)34-30(33-31)22-9-10-22/h19,22-25,29,37,40H,7-18H2,1-6H3/t23-,24+,25+,29+/m0/s1. The minimum Gasteiger partial charge on any atom is -0.388 e. The molecular formula is C32H50N4O7S2. The molecule has 2 aromatic heterocycles. The van der Waals surface area contributed by atoms with E-state index in [4.69, 9.17) is 24.2 Å². The fraction of sp³-hybridized carbons (Fsp3) is 0.750. The molecule has 1 saturated carbocycles. The highest BCUT2D eigenvalue weighted by Gasteiger charge is 2.34. The molecule has 11 nitrogen and oxygen atoms in total. The number of aliphatic hydroxyl groups excluding tert-OH is 2. The van der Waals surface area contributed by atoms with E-state index in [9.17, 15) is 19.8 Å². The van der Waals surface area contributed by atoms with Crippen LogP contribution in [0.25, 0.3) is 10.2 Å². The topological polar surface area (TPSA) is 135 Å². The molecule has 0 spiro atoms. The predicted molar refractivity (Wildman–Crippen MR) is 176 cm³/mol. The van der Waals surface area contributed by atoms with E-state index in [2.05, 4.69) is 27.7 Å². The van der Waals surface area contributed by atoms with Gasteiger partial charge in [-0.05, 0) is 57.4 Å². The highest BCUT2D eigenvalue weighted by Crippen LogP contribution is 2.42. The molecule has 0 bridgehead atoms. The molecular weight excluding hydrogens is 617 g/mol. The Morgan fingerprint density at radius 3 is 2.53 bits per heavy atom. The number of carbonyl (C=O) groups excluding carboxylic acids is 2. The second-order valence-electron chi connectivity index (χ2n) is 12.6. The quantitative estimate of drug-likeness (QED) is 0.302. The van der Waals surface area contributed by atoms with Crippen molar-refractivity contribution in [1.29, 1.82) is 0 Å². The summed E-state index contributed by atoms with van der Waals surface area (Å²) in [5.41, 5.74) is 1.16. The van der Waals surface area contributed by atoms with Gasteiger partial charge in [0.25, 0.3) is 0 Å². The lowest BCUT2D eigenvalue weighted by molar-refractivity contribution is -0.145. The number of hydrogen-bond acceptors (Lipinski definition) is 11. The Morgan fingerprint density at radius 1 is 1.11 bits per heavy atom. The molecule has 13 heteroatoms. The van der Waals surface area contributed by atoms with Crippen molar-refractivity contribution in [2.75, 3.05) is 59.4 Å². The van der Waals surface area contributed by atoms with Crippen LogP contribution in [0.2, 0.25) is 0 Å². The minimum atomic E-state index is -1.26. The number of aryl methyl sites for hydroxylation is 2. The number of aromatic nitrogens is 2. The summed E-state index contributed by atoms with van der Waals surface area (Å²) < 4.78 is 16.4. The van der Waals surface area contributed by atoms with Crippen LogP contribution in [0.4, 0.5) is 0 Å². The van der Waals surface area contributed by atoms with Crippen LogP contribution in [0.1, 0.15) is 68.1 Å². The van der Waals surface area contributed by atoms with Crippen LogP contribution in [0.3, 0.4) is 0 Å². The molecule has 0 radical (unpaired) electrons. The first-order valence-electron chi connectivity index (χ1n) is 16.0. The summed E-state index contributed by atoms with van der Waals surface area (Å²) in [5, 5.41) is 23.3. The summed E-state index contributed by atoms with van der Waals surface area (Å²) in [7, 11) is 2.90. The van der Waals surface area contributed by atoms with E-state index in [1.165, 1.54) is 30.9 Å². The van der Waals surface area contributed by atoms with Crippen LogP contribution in [0, 0.1) is 19.8 Å². The summed E-state index contributed by atoms with van der Waals surface area (Å²) in [6.07, 6.45) is 0.978. The normalized spacial score (nSPS) is 24.3. The summed E-state index contributed by atoms with van der Waals surface area (Å²) in [4.78, 5) is 43.0. The van der Waals surface area contributed by atoms with Crippen molar-refractivity contribution >= 4 is 45.1 Å². The van der Waals surface area contributed by atoms with Gasteiger partial charge in [0.2, 0.25) is 11.8 Å². The molecule has 1 saturated heterocycles. The number of aliphatic hydroxyl groups is 2. The molecule has 2 fully saturated rings. The molecule has 3 heterocycles. The van der Waals surface area contributed by atoms with E-state index in [1.807, 2.05) is 4.90 Å². The summed E-state index contributed by atoms with van der Waals surface area (Å²) in [6.45, 7) is 9.39. The Bertz CT molecular complexity index is 1290. The molecule has 2 N–H and O–H groups in total. The van der Waals surface area contributed by atoms with E-state index in [-0.39, 0.29) is 55.8 Å². The van der Waals surface area contributed by atoms with E-state index in [0.717, 1.165) is 39.5 Å². The predicted octanol–water partition coefficient (Wildman–Crippen LogP) is 3.54. The number of nitrogens with zero attached hydrogens (tertiary/aromatic N) is 4. The fourth-order valence-electron chi connectivity index (χ4n) is 5.75. The maximum atomic E-state index is 14.2. The number of hydrogen-bond donors (Lipinski definition) is 2. The molecule has 2 amide bonds. The monoisotopic (exact) mass is 666 g/mol. The molecule has 0 aromatic carbocycles. The number of ether oxygens (including phenoxy) is 3. The molecule has 1 aliphatic heterocycles. The highest BCUT2D eigenvalue weighted by atomic mass is 32.2. The third kappa shape index (κ3) is 9.59. The SMILES string of the molecule is COCC(=O)N1C[C@H](CC(C)C)N(C(=O)CSc2nc(C3CC3)nc3sc(C)c(C)c23)CCCCOC[C@@H](O)[C@@H](O)[C@H](OC)C1. The zero-order valence-corrected chi connectivity index (χ0v) is 29.1. The Labute approximate surface area is 275 Å². The first-order chi connectivity index (χ1) is 21.5. The first-order valence-corrected chi connectivity index (χ1v) is 17.8. The van der Waals surface area contributed by atoms with Gasteiger partial charge in [0, 0.05) is 62.7 Å². The fourth-order valence-corrected chi connectivity index (χ4v) is 7.83. The third-order valence-electron chi connectivity index (χ3n) is 8.55. The van der Waals surface area contributed by atoms with E-state index < -0.39 is 18.3 Å². The van der Waals surface area contributed by atoms with Crippen molar-refractivity contribution < 1.29 is 34.0 Å². The summed E-state index contributed by atoms with van der Waals surface area (Å²) in [6, 6.07) is -0.278. The van der Waals surface area contributed by atoms with Gasteiger partial charge in [-0.3, -0.25) is 9.59 Å². The second-order valence-corrected chi connectivity index (χ2v) is 14.8. The average Bonchev–Trinajstić information content (AvgIpc) is 3.81. The first kappa shape index (κ1) is 36.0. The van der Waals surface area contributed by atoms with Crippen LogP contribution < -0.4 is 0 Å². The van der Waals surface area contributed by atoms with Gasteiger partial charge in [-0.2, -0.15) is 0 Å². The zero-order valence-electron chi connectivity index (χ0n) is 27.5. The summed E-state index contributed by atoms with van der Waals surface area (Å²) in [5.74, 6) is 1.46. The van der Waals surface area contributed by atoms with Gasteiger partial charge in [0.05, 0.1) is 12.4 Å². The lowest BCUT2D eigenvalue weighted by atomic mass is 10.00. The second kappa shape index (κ2) is 16.8. The highest BCUT2D eigenvalue weighted by molar-refractivity contribution is 8.00. The van der Waals surface area contributed by atoms with Gasteiger partial charge in [0.15, 0.2) is 0 Å². The maximum absolute atomic E-state index is 14.2. The molecule has 252 valence electrons. The van der Waals surface area contributed by atoms with Crippen LogP contribution in [0.5, 0.6) is 0 Å². The van der Waals surface area contributed by atoms with Gasteiger partial charge in [-0.1, -0.05) is 25.6 Å². The number of thioether (sulfide) groups is 1. The molecule has 2 aromatic rings. The Kier molecular flexibility index (Phi) is 13.4. The average molecular weight is 667 g/mol. The van der Waals surface area contributed by atoms with Crippen molar-refractivity contribution in [3.8, 4) is 0 Å². The summed E-state index contributed by atoms with van der Waals surface area (Å²) >= 11 is 3.16. The number of amides is 2. The van der Waals surface area contributed by atoms with Crippen LogP contribution >= 0.6 is 23.1 Å². The molecule has 2 aliphatic rings. The molecule has 4 atom stereocenters. The van der Waals surface area contributed by atoms with E-state index >= 15 is 0 Å². The van der Waals surface area contributed by atoms with E-state index in [0.29, 0.717) is 38.3 Å². The van der Waals surface area contributed by atoms with Gasteiger partial charge in [-0.15, -0.1) is 11.3 Å². The van der Waals surface area contributed by atoms with Crippen molar-refractivity contribution in [3.63, 3.8) is 0 Å². The molecule has 0 unspecified atom stereocenters. The number of fused-ring (bicyclic) bond motifs is 1. The van der Waals surface area contributed by atoms with Crippen molar-refractivity contribution in [2.24, 2.45) is 5.92 Å². The van der Waals surface area contributed by atoms with Gasteiger partial charge >= 0.3 is 0 Å². The van der Waals surface area contributed by atoms with Crippen LogP contribution in [0.15, 0.2) is 5.03 Å². The van der Waals surface area contributed by atoms with Gasteiger partial charge < -0.3 is 34.2 Å².